The summed E-state index contributed by atoms with van der Waals surface area (Å²) in [5.41, 5.74) is 1.11. The first kappa shape index (κ1) is 15.7. The Hall–Kier alpha value is -0.710. The third kappa shape index (κ3) is 4.14. The molecule has 1 aromatic carbocycles. The Morgan fingerprint density at radius 3 is 2.90 bits per heavy atom. The smallest absolute Gasteiger partial charge is 0.0548 e. The first-order valence-corrected chi connectivity index (χ1v) is 8.79. The number of ether oxygens (including phenoxy) is 1. The lowest BCUT2D eigenvalue weighted by Gasteiger charge is -2.23. The van der Waals surface area contributed by atoms with E-state index in [1.807, 2.05) is 31.2 Å². The van der Waals surface area contributed by atoms with Crippen molar-refractivity contribution in [2.75, 3.05) is 25.5 Å². The van der Waals surface area contributed by atoms with E-state index in [-0.39, 0.29) is 6.04 Å². The minimum Gasteiger partial charge on any atom is -0.381 e. The molecule has 112 valence electrons. The molecule has 0 amide bonds. The van der Waals surface area contributed by atoms with Gasteiger partial charge in [-0.3, -0.25) is 4.21 Å². The Morgan fingerprint density at radius 1 is 1.45 bits per heavy atom. The fourth-order valence-corrected chi connectivity index (χ4v) is 4.18. The molecule has 2 rings (SSSR count). The van der Waals surface area contributed by atoms with Gasteiger partial charge in [0.25, 0.3) is 0 Å². The second kappa shape index (κ2) is 7.91. The number of hydrogen-bond donors (Lipinski definition) is 1. The molecule has 20 heavy (non-hydrogen) atoms. The molecular formula is C16H25NO2S. The second-order valence-electron chi connectivity index (χ2n) is 5.46. The average molecular weight is 295 g/mol. The van der Waals surface area contributed by atoms with Gasteiger partial charge in [0.15, 0.2) is 0 Å². The van der Waals surface area contributed by atoms with Crippen LogP contribution in [0, 0.1) is 12.8 Å². The summed E-state index contributed by atoms with van der Waals surface area (Å²) in [7, 11) is -0.943. The van der Waals surface area contributed by atoms with Crippen molar-refractivity contribution in [1.29, 1.82) is 0 Å². The van der Waals surface area contributed by atoms with Gasteiger partial charge in [-0.2, -0.15) is 0 Å². The maximum absolute atomic E-state index is 12.6. The van der Waals surface area contributed by atoms with Crippen molar-refractivity contribution in [1.82, 2.24) is 5.32 Å². The topological polar surface area (TPSA) is 38.3 Å². The molecule has 1 heterocycles. The third-order valence-corrected chi connectivity index (χ3v) is 5.47. The SMILES string of the molecule is CCCNC(CS(=O)c1ccccc1C)C1CCOC1. The molecule has 3 unspecified atom stereocenters. The van der Waals surface area contributed by atoms with Gasteiger partial charge in [-0.25, -0.2) is 0 Å². The summed E-state index contributed by atoms with van der Waals surface area (Å²) >= 11 is 0. The zero-order chi connectivity index (χ0) is 14.4. The van der Waals surface area contributed by atoms with Crippen molar-refractivity contribution in [2.45, 2.75) is 37.6 Å². The molecule has 1 aliphatic heterocycles. The summed E-state index contributed by atoms with van der Waals surface area (Å²) < 4.78 is 18.1. The van der Waals surface area contributed by atoms with Crippen LogP contribution in [0.2, 0.25) is 0 Å². The highest BCUT2D eigenvalue weighted by atomic mass is 32.2. The highest BCUT2D eigenvalue weighted by Crippen LogP contribution is 2.20. The summed E-state index contributed by atoms with van der Waals surface area (Å²) in [4.78, 5) is 0.967. The van der Waals surface area contributed by atoms with Crippen molar-refractivity contribution >= 4 is 10.8 Å². The Kier molecular flexibility index (Phi) is 6.20. The summed E-state index contributed by atoms with van der Waals surface area (Å²) in [5.74, 6) is 1.17. The Balaban J connectivity index is 2.02. The number of rotatable bonds is 7. The fraction of sp³-hybridized carbons (Fsp3) is 0.625. The molecule has 3 atom stereocenters. The van der Waals surface area contributed by atoms with Crippen molar-refractivity contribution in [3.8, 4) is 0 Å². The van der Waals surface area contributed by atoms with Gasteiger partial charge in [0.1, 0.15) is 0 Å². The van der Waals surface area contributed by atoms with Crippen molar-refractivity contribution < 1.29 is 8.95 Å². The van der Waals surface area contributed by atoms with Gasteiger partial charge < -0.3 is 10.1 Å². The lowest BCUT2D eigenvalue weighted by molar-refractivity contribution is 0.179. The van der Waals surface area contributed by atoms with Gasteiger partial charge in [-0.1, -0.05) is 25.1 Å². The van der Waals surface area contributed by atoms with Gasteiger partial charge in [0.05, 0.1) is 17.4 Å². The molecule has 0 saturated carbocycles. The summed E-state index contributed by atoms with van der Waals surface area (Å²) in [5, 5.41) is 3.56. The van der Waals surface area contributed by atoms with Gasteiger partial charge in [0, 0.05) is 29.2 Å². The van der Waals surface area contributed by atoms with Crippen LogP contribution in [0.15, 0.2) is 29.2 Å². The molecule has 0 radical (unpaired) electrons. The predicted molar refractivity (Wildman–Crippen MR) is 83.5 cm³/mol. The largest absolute Gasteiger partial charge is 0.381 e. The van der Waals surface area contributed by atoms with E-state index in [1.165, 1.54) is 0 Å². The first-order chi connectivity index (χ1) is 9.72. The lowest BCUT2D eigenvalue weighted by atomic mass is 10.0. The standard InChI is InChI=1S/C16H25NO2S/c1-3-9-17-15(14-8-10-19-11-14)12-20(18)16-7-5-4-6-13(16)2/h4-7,14-15,17H,3,8-12H2,1-2H3. The third-order valence-electron chi connectivity index (χ3n) is 3.86. The molecule has 1 N–H and O–H groups in total. The number of aryl methyl sites for hydroxylation is 1. The van der Waals surface area contributed by atoms with Crippen molar-refractivity contribution in [2.24, 2.45) is 5.92 Å². The highest BCUT2D eigenvalue weighted by molar-refractivity contribution is 7.85. The Bertz CT molecular complexity index is 444. The van der Waals surface area contributed by atoms with Crippen molar-refractivity contribution in [3.05, 3.63) is 29.8 Å². The second-order valence-corrected chi connectivity index (χ2v) is 6.93. The van der Waals surface area contributed by atoms with E-state index in [2.05, 4.69) is 12.2 Å². The van der Waals surface area contributed by atoms with Crippen LogP contribution in [0.5, 0.6) is 0 Å². The fourth-order valence-electron chi connectivity index (χ4n) is 2.63. The Labute approximate surface area is 124 Å². The maximum atomic E-state index is 12.6. The summed E-state index contributed by atoms with van der Waals surface area (Å²) in [6.07, 6.45) is 2.17. The van der Waals surface area contributed by atoms with E-state index in [0.29, 0.717) is 11.7 Å². The van der Waals surface area contributed by atoms with E-state index < -0.39 is 10.8 Å². The van der Waals surface area contributed by atoms with E-state index >= 15 is 0 Å². The lowest BCUT2D eigenvalue weighted by Crippen LogP contribution is -2.41. The van der Waals surface area contributed by atoms with Crippen LogP contribution in [0.4, 0.5) is 0 Å². The minimum atomic E-state index is -0.943. The summed E-state index contributed by atoms with van der Waals surface area (Å²) in [6, 6.07) is 8.26. The number of benzene rings is 1. The molecular weight excluding hydrogens is 270 g/mol. The molecule has 1 saturated heterocycles. The number of nitrogens with one attached hydrogen (secondary N) is 1. The molecule has 0 bridgehead atoms. The van der Waals surface area contributed by atoms with Crippen LogP contribution >= 0.6 is 0 Å². The van der Waals surface area contributed by atoms with Crippen LogP contribution in [0.25, 0.3) is 0 Å². The molecule has 1 fully saturated rings. The monoisotopic (exact) mass is 295 g/mol. The van der Waals surface area contributed by atoms with Crippen LogP contribution in [-0.4, -0.2) is 35.8 Å². The Morgan fingerprint density at radius 2 is 2.25 bits per heavy atom. The number of hydrogen-bond acceptors (Lipinski definition) is 3. The van der Waals surface area contributed by atoms with Crippen LogP contribution < -0.4 is 5.32 Å². The zero-order valence-electron chi connectivity index (χ0n) is 12.4. The maximum Gasteiger partial charge on any atom is 0.0548 e. The van der Waals surface area contributed by atoms with Crippen LogP contribution in [0.3, 0.4) is 0 Å². The molecule has 0 aromatic heterocycles. The van der Waals surface area contributed by atoms with Gasteiger partial charge >= 0.3 is 0 Å². The molecule has 4 heteroatoms. The summed E-state index contributed by atoms with van der Waals surface area (Å²) in [6.45, 7) is 6.80. The first-order valence-electron chi connectivity index (χ1n) is 7.47. The van der Waals surface area contributed by atoms with Gasteiger partial charge in [0.2, 0.25) is 0 Å². The highest BCUT2D eigenvalue weighted by Gasteiger charge is 2.27. The predicted octanol–water partition coefficient (Wildman–Crippen LogP) is 2.51. The average Bonchev–Trinajstić information content (AvgIpc) is 2.97. The molecule has 0 aliphatic carbocycles. The quantitative estimate of drug-likeness (QED) is 0.840. The van der Waals surface area contributed by atoms with Gasteiger partial charge in [-0.15, -0.1) is 0 Å². The van der Waals surface area contributed by atoms with E-state index in [9.17, 15) is 4.21 Å². The molecule has 1 aliphatic rings. The minimum absolute atomic E-state index is 0.290. The van der Waals surface area contributed by atoms with E-state index in [0.717, 1.165) is 43.1 Å². The zero-order valence-corrected chi connectivity index (χ0v) is 13.2. The normalized spacial score (nSPS) is 21.8. The molecule has 1 aromatic rings. The molecule has 3 nitrogen and oxygen atoms in total. The van der Waals surface area contributed by atoms with Crippen LogP contribution in [-0.2, 0) is 15.5 Å². The van der Waals surface area contributed by atoms with Crippen molar-refractivity contribution in [3.63, 3.8) is 0 Å². The van der Waals surface area contributed by atoms with Crippen LogP contribution in [0.1, 0.15) is 25.3 Å². The molecule has 0 spiro atoms. The van der Waals surface area contributed by atoms with E-state index in [1.54, 1.807) is 0 Å². The van der Waals surface area contributed by atoms with Gasteiger partial charge in [-0.05, 0) is 37.9 Å². The van der Waals surface area contributed by atoms with E-state index in [4.69, 9.17) is 4.74 Å².